The maximum absolute atomic E-state index is 13.5. The van der Waals surface area contributed by atoms with Gasteiger partial charge in [-0.3, -0.25) is 0 Å². The Labute approximate surface area is 242 Å². The fourth-order valence-corrected chi connectivity index (χ4v) is 10.2. The second kappa shape index (κ2) is 10.3. The summed E-state index contributed by atoms with van der Waals surface area (Å²) in [5.74, 6) is 2.57. The third kappa shape index (κ3) is 4.54. The molecule has 6 rings (SSSR count). The molecule has 1 spiro atoms. The van der Waals surface area contributed by atoms with E-state index < -0.39 is 15.7 Å². The normalized spacial score (nSPS) is 23.8. The first-order chi connectivity index (χ1) is 18.8. The van der Waals surface area contributed by atoms with Crippen molar-refractivity contribution in [3.05, 3.63) is 63.4 Å². The van der Waals surface area contributed by atoms with Gasteiger partial charge in [-0.15, -0.1) is 11.3 Å². The summed E-state index contributed by atoms with van der Waals surface area (Å²) < 4.78 is 52.0. The van der Waals surface area contributed by atoms with E-state index in [0.717, 1.165) is 70.7 Å². The lowest BCUT2D eigenvalue weighted by atomic mass is 9.51. The lowest BCUT2D eigenvalue weighted by Crippen LogP contribution is -2.57. The van der Waals surface area contributed by atoms with Crippen molar-refractivity contribution in [2.24, 2.45) is 5.92 Å². The van der Waals surface area contributed by atoms with E-state index in [0.29, 0.717) is 5.75 Å². The summed E-state index contributed by atoms with van der Waals surface area (Å²) in [6.45, 7) is 0. The zero-order chi connectivity index (χ0) is 27.3. The predicted octanol–water partition coefficient (Wildman–Crippen LogP) is 7.98. The molecule has 1 aliphatic heterocycles. The standard InChI is InChI=1S/C30H33BrO6S2/c1-34-20-9-11-22-24(18-20)36-30(17-7-4-8-26(30)29(22)15-5-3-6-16-29)23-12-10-21(35-2)19-25(23)37-39(32,33)28-14-13-27(31)38-28/h9-14,18-19,26H,3-8,15-17H2,1-2H3/t26-,30+/m0/s1. The van der Waals surface area contributed by atoms with Crippen molar-refractivity contribution in [3.63, 3.8) is 0 Å². The first kappa shape index (κ1) is 27.0. The zero-order valence-corrected chi connectivity index (χ0v) is 25.4. The number of benzene rings is 2. The van der Waals surface area contributed by atoms with Crippen LogP contribution in [0.3, 0.4) is 0 Å². The van der Waals surface area contributed by atoms with Gasteiger partial charge in [-0.1, -0.05) is 31.7 Å². The van der Waals surface area contributed by atoms with Gasteiger partial charge in [-0.05, 0) is 78.4 Å². The molecule has 0 saturated heterocycles. The monoisotopic (exact) mass is 632 g/mol. The molecular weight excluding hydrogens is 600 g/mol. The second-order valence-electron chi connectivity index (χ2n) is 10.8. The Kier molecular flexibility index (Phi) is 7.13. The van der Waals surface area contributed by atoms with Gasteiger partial charge in [0, 0.05) is 34.6 Å². The van der Waals surface area contributed by atoms with E-state index in [9.17, 15) is 8.42 Å². The highest BCUT2D eigenvalue weighted by Gasteiger charge is 2.60. The van der Waals surface area contributed by atoms with Crippen LogP contribution in [-0.2, 0) is 21.1 Å². The molecule has 2 aliphatic carbocycles. The maximum atomic E-state index is 13.5. The van der Waals surface area contributed by atoms with Crippen LogP contribution in [0.4, 0.5) is 0 Å². The molecule has 0 amide bonds. The van der Waals surface area contributed by atoms with Gasteiger partial charge in [-0.2, -0.15) is 8.42 Å². The summed E-state index contributed by atoms with van der Waals surface area (Å²) in [4.78, 5) is 0. The fourth-order valence-electron chi connectivity index (χ4n) is 7.31. The van der Waals surface area contributed by atoms with Gasteiger partial charge >= 0.3 is 10.1 Å². The van der Waals surface area contributed by atoms with Crippen LogP contribution in [0.1, 0.15) is 68.9 Å². The van der Waals surface area contributed by atoms with Crippen molar-refractivity contribution < 1.29 is 26.8 Å². The highest BCUT2D eigenvalue weighted by atomic mass is 79.9. The second-order valence-corrected chi connectivity index (χ2v) is 15.1. The summed E-state index contributed by atoms with van der Waals surface area (Å²) >= 11 is 4.50. The molecule has 0 bridgehead atoms. The number of rotatable bonds is 6. The predicted molar refractivity (Wildman–Crippen MR) is 155 cm³/mol. The summed E-state index contributed by atoms with van der Waals surface area (Å²) in [6.07, 6.45) is 9.67. The average molecular weight is 634 g/mol. The van der Waals surface area contributed by atoms with Gasteiger partial charge < -0.3 is 18.4 Å². The lowest BCUT2D eigenvalue weighted by Gasteiger charge is -2.58. The van der Waals surface area contributed by atoms with Gasteiger partial charge in [0.05, 0.1) is 18.0 Å². The molecule has 2 aromatic carbocycles. The van der Waals surface area contributed by atoms with Crippen molar-refractivity contribution in [2.75, 3.05) is 14.2 Å². The van der Waals surface area contributed by atoms with Crippen LogP contribution in [0.2, 0.25) is 0 Å². The SMILES string of the molecule is COc1ccc2c(c1)O[C@@]1(c3ccc(OC)cc3OS(=O)(=O)c3ccc(Br)s3)CCCC[C@H]1C21CCCCC1. The third-order valence-corrected chi connectivity index (χ3v) is 12.2. The molecule has 0 radical (unpaired) electrons. The third-order valence-electron chi connectivity index (χ3n) is 8.92. The highest BCUT2D eigenvalue weighted by Crippen LogP contribution is 2.64. The van der Waals surface area contributed by atoms with Gasteiger partial charge in [0.25, 0.3) is 0 Å². The van der Waals surface area contributed by atoms with Crippen LogP contribution >= 0.6 is 27.3 Å². The van der Waals surface area contributed by atoms with E-state index in [2.05, 4.69) is 22.0 Å². The van der Waals surface area contributed by atoms with E-state index in [4.69, 9.17) is 18.4 Å². The van der Waals surface area contributed by atoms with Crippen LogP contribution in [-0.4, -0.2) is 22.6 Å². The van der Waals surface area contributed by atoms with Crippen molar-refractivity contribution in [3.8, 4) is 23.0 Å². The Hall–Kier alpha value is -2.23. The number of hydrogen-bond donors (Lipinski definition) is 0. The van der Waals surface area contributed by atoms with Gasteiger partial charge in [0.1, 0.15) is 22.8 Å². The number of hydrogen-bond acceptors (Lipinski definition) is 7. The molecule has 39 heavy (non-hydrogen) atoms. The highest BCUT2D eigenvalue weighted by molar-refractivity contribution is 9.11. The lowest BCUT2D eigenvalue weighted by molar-refractivity contribution is -0.0956. The van der Waals surface area contributed by atoms with Gasteiger partial charge in [0.2, 0.25) is 0 Å². The molecule has 3 aromatic rings. The van der Waals surface area contributed by atoms with Crippen LogP contribution < -0.4 is 18.4 Å². The van der Waals surface area contributed by atoms with E-state index in [-0.39, 0.29) is 21.3 Å². The van der Waals surface area contributed by atoms with E-state index in [1.807, 2.05) is 24.3 Å². The van der Waals surface area contributed by atoms with Crippen LogP contribution in [0.25, 0.3) is 0 Å². The van der Waals surface area contributed by atoms with Crippen molar-refractivity contribution in [1.82, 2.24) is 0 Å². The van der Waals surface area contributed by atoms with Gasteiger partial charge in [-0.25, -0.2) is 0 Å². The molecule has 6 nitrogen and oxygen atoms in total. The van der Waals surface area contributed by atoms with E-state index in [1.54, 1.807) is 32.4 Å². The first-order valence-corrected chi connectivity index (χ1v) is 16.6. The number of halogens is 1. The summed E-state index contributed by atoms with van der Waals surface area (Å²) in [5.41, 5.74) is 1.25. The molecule has 0 unspecified atom stereocenters. The topological polar surface area (TPSA) is 71.1 Å². The quantitative estimate of drug-likeness (QED) is 0.257. The largest absolute Gasteiger partial charge is 0.497 e. The molecule has 1 aromatic heterocycles. The van der Waals surface area contributed by atoms with E-state index in [1.165, 1.54) is 24.8 Å². The molecule has 0 N–H and O–H groups in total. The smallest absolute Gasteiger partial charge is 0.348 e. The maximum Gasteiger partial charge on any atom is 0.348 e. The first-order valence-electron chi connectivity index (χ1n) is 13.6. The number of thiophene rings is 1. The number of fused-ring (bicyclic) bond motifs is 4. The van der Waals surface area contributed by atoms with E-state index >= 15 is 0 Å². The minimum absolute atomic E-state index is 0.0484. The molecule has 2 atom stereocenters. The molecule has 9 heteroatoms. The minimum atomic E-state index is -4.07. The summed E-state index contributed by atoms with van der Waals surface area (Å²) in [6, 6.07) is 15.0. The number of ether oxygens (including phenoxy) is 3. The Morgan fingerprint density at radius 1 is 0.872 bits per heavy atom. The van der Waals surface area contributed by atoms with Crippen LogP contribution in [0, 0.1) is 5.92 Å². The molecule has 3 aliphatic rings. The number of methoxy groups -OCH3 is 2. The Balaban J connectivity index is 1.55. The Morgan fingerprint density at radius 2 is 1.56 bits per heavy atom. The van der Waals surface area contributed by atoms with Crippen molar-refractivity contribution in [1.29, 1.82) is 0 Å². The minimum Gasteiger partial charge on any atom is -0.497 e. The average Bonchev–Trinajstić information content (AvgIpc) is 3.40. The van der Waals surface area contributed by atoms with Crippen molar-refractivity contribution >= 4 is 37.4 Å². The molecular formula is C30H33BrO6S2. The van der Waals surface area contributed by atoms with Crippen LogP contribution in [0.15, 0.2) is 56.5 Å². The zero-order valence-electron chi connectivity index (χ0n) is 22.2. The fraction of sp³-hybridized carbons (Fsp3) is 0.467. The molecule has 2 fully saturated rings. The summed E-state index contributed by atoms with van der Waals surface area (Å²) in [5, 5.41) is 0. The molecule has 2 saturated carbocycles. The van der Waals surface area contributed by atoms with Gasteiger partial charge in [0.15, 0.2) is 9.96 Å². The Bertz CT molecular complexity index is 1480. The Morgan fingerprint density at radius 3 is 2.26 bits per heavy atom. The summed E-state index contributed by atoms with van der Waals surface area (Å²) in [7, 11) is -0.826. The van der Waals surface area contributed by atoms with Crippen LogP contribution in [0.5, 0.6) is 23.0 Å². The van der Waals surface area contributed by atoms with Crippen molar-refractivity contribution in [2.45, 2.75) is 73.0 Å². The molecule has 2 heterocycles. The molecule has 208 valence electrons.